The van der Waals surface area contributed by atoms with Crippen LogP contribution >= 0.6 is 0 Å². The summed E-state index contributed by atoms with van der Waals surface area (Å²) < 4.78 is 0. The zero-order valence-corrected chi connectivity index (χ0v) is 5.97. The van der Waals surface area contributed by atoms with E-state index >= 15 is 0 Å². The molecule has 0 aliphatic heterocycles. The highest BCUT2D eigenvalue weighted by molar-refractivity contribution is 5.52. The molecule has 0 aromatic heterocycles. The van der Waals surface area contributed by atoms with E-state index in [0.717, 1.165) is 0 Å². The molecule has 4 heteroatoms. The minimum Gasteiger partial charge on any atom is -0.378 e. The highest BCUT2D eigenvalue weighted by atomic mass is 16.3. The van der Waals surface area contributed by atoms with Crippen LogP contribution in [0.4, 0.5) is 0 Å². The smallest absolute Gasteiger partial charge is 0.145 e. The van der Waals surface area contributed by atoms with Crippen molar-refractivity contribution in [2.45, 2.75) is 19.6 Å². The van der Waals surface area contributed by atoms with Gasteiger partial charge in [-0.2, -0.15) is 5.10 Å². The standard InChI is InChI=1S/C5H13N3O/c1-5(2,9)8-7-4-6-3/h4,8-9H,1-3H3,(H,6,7). The summed E-state index contributed by atoms with van der Waals surface area (Å²) >= 11 is 0. The second kappa shape index (κ2) is 3.29. The molecule has 0 amide bonds. The molecule has 0 atom stereocenters. The van der Waals surface area contributed by atoms with Crippen LogP contribution in [0.25, 0.3) is 0 Å². The quantitative estimate of drug-likeness (QED) is 0.209. The predicted molar refractivity (Wildman–Crippen MR) is 37.0 cm³/mol. The lowest BCUT2D eigenvalue weighted by molar-refractivity contribution is 0.0450. The molecule has 0 aromatic carbocycles. The fraction of sp³-hybridized carbons (Fsp3) is 0.800. The largest absolute Gasteiger partial charge is 0.378 e. The Hall–Kier alpha value is -0.770. The van der Waals surface area contributed by atoms with Crippen LogP contribution in [0.1, 0.15) is 13.8 Å². The highest BCUT2D eigenvalue weighted by Gasteiger charge is 2.07. The Morgan fingerprint density at radius 1 is 1.56 bits per heavy atom. The Bertz CT molecular complexity index is 94.9. The maximum Gasteiger partial charge on any atom is 0.145 e. The minimum absolute atomic E-state index is 0.937. The van der Waals surface area contributed by atoms with Crippen LogP contribution < -0.4 is 10.7 Å². The molecule has 0 saturated carbocycles. The molecule has 0 spiro atoms. The molecule has 0 saturated heterocycles. The van der Waals surface area contributed by atoms with Gasteiger partial charge in [-0.05, 0) is 13.8 Å². The monoisotopic (exact) mass is 131 g/mol. The SMILES string of the molecule is CN/C=N\NC(C)(C)O. The average molecular weight is 131 g/mol. The molecule has 0 heterocycles. The Morgan fingerprint density at radius 2 is 2.11 bits per heavy atom. The number of nitrogens with zero attached hydrogens (tertiary/aromatic N) is 1. The van der Waals surface area contributed by atoms with Crippen molar-refractivity contribution in [1.29, 1.82) is 0 Å². The van der Waals surface area contributed by atoms with Gasteiger partial charge in [0.2, 0.25) is 0 Å². The second-order valence-corrected chi connectivity index (χ2v) is 2.22. The molecule has 0 fully saturated rings. The number of rotatable bonds is 3. The molecule has 9 heavy (non-hydrogen) atoms. The van der Waals surface area contributed by atoms with E-state index in [2.05, 4.69) is 15.8 Å². The van der Waals surface area contributed by atoms with Gasteiger partial charge in [-0.3, -0.25) is 5.43 Å². The third-order valence-electron chi connectivity index (χ3n) is 0.532. The van der Waals surface area contributed by atoms with Gasteiger partial charge in [0.05, 0.1) is 0 Å². The lowest BCUT2D eigenvalue weighted by atomic mass is 10.3. The van der Waals surface area contributed by atoms with E-state index < -0.39 is 5.72 Å². The van der Waals surface area contributed by atoms with Crippen molar-refractivity contribution in [2.75, 3.05) is 7.05 Å². The Balaban J connectivity index is 3.38. The van der Waals surface area contributed by atoms with Gasteiger partial charge in [0.15, 0.2) is 0 Å². The van der Waals surface area contributed by atoms with Crippen molar-refractivity contribution < 1.29 is 5.11 Å². The highest BCUT2D eigenvalue weighted by Crippen LogP contribution is 1.91. The number of hydrogen-bond donors (Lipinski definition) is 3. The summed E-state index contributed by atoms with van der Waals surface area (Å²) in [4.78, 5) is 0. The summed E-state index contributed by atoms with van der Waals surface area (Å²) in [5.74, 6) is 0. The number of hydrazone groups is 1. The number of nitrogens with one attached hydrogen (secondary N) is 2. The fourth-order valence-corrected chi connectivity index (χ4v) is 0.255. The van der Waals surface area contributed by atoms with Crippen molar-refractivity contribution in [3.8, 4) is 0 Å². The second-order valence-electron chi connectivity index (χ2n) is 2.22. The molecule has 3 N–H and O–H groups in total. The van der Waals surface area contributed by atoms with Crippen LogP contribution in [0.5, 0.6) is 0 Å². The van der Waals surface area contributed by atoms with Crippen molar-refractivity contribution in [3.05, 3.63) is 0 Å². The molecule has 0 bridgehead atoms. The summed E-state index contributed by atoms with van der Waals surface area (Å²) in [5, 5.41) is 15.3. The summed E-state index contributed by atoms with van der Waals surface area (Å²) in [7, 11) is 1.73. The lowest BCUT2D eigenvalue weighted by Gasteiger charge is -2.15. The van der Waals surface area contributed by atoms with Gasteiger partial charge in [-0.1, -0.05) is 0 Å². The molecule has 4 nitrogen and oxygen atoms in total. The Morgan fingerprint density at radius 3 is 2.44 bits per heavy atom. The molecule has 0 radical (unpaired) electrons. The zero-order chi connectivity index (χ0) is 7.33. The van der Waals surface area contributed by atoms with Crippen LogP contribution in [0, 0.1) is 0 Å². The molecular formula is C5H13N3O. The maximum atomic E-state index is 8.99. The van der Waals surface area contributed by atoms with E-state index in [1.807, 2.05) is 0 Å². The average Bonchev–Trinajstić information content (AvgIpc) is 1.63. The minimum atomic E-state index is -0.937. The van der Waals surface area contributed by atoms with E-state index in [4.69, 9.17) is 5.11 Å². The predicted octanol–water partition coefficient (Wildman–Crippen LogP) is -0.533. The molecule has 54 valence electrons. The van der Waals surface area contributed by atoms with Gasteiger partial charge in [0.25, 0.3) is 0 Å². The molecule has 0 aliphatic carbocycles. The van der Waals surface area contributed by atoms with Crippen molar-refractivity contribution in [1.82, 2.24) is 10.7 Å². The summed E-state index contributed by atoms with van der Waals surface area (Å²) in [6.07, 6.45) is 1.46. The number of hydrogen-bond acceptors (Lipinski definition) is 3. The number of aliphatic hydroxyl groups is 1. The van der Waals surface area contributed by atoms with Gasteiger partial charge in [-0.15, -0.1) is 0 Å². The van der Waals surface area contributed by atoms with Gasteiger partial charge < -0.3 is 10.4 Å². The Kier molecular flexibility index (Phi) is 3.01. The van der Waals surface area contributed by atoms with Crippen LogP contribution in [0.15, 0.2) is 5.10 Å². The molecule has 0 aliphatic rings. The first-order chi connectivity index (χ1) is 4.06. The van der Waals surface area contributed by atoms with Gasteiger partial charge in [-0.25, -0.2) is 0 Å². The van der Waals surface area contributed by atoms with Gasteiger partial charge >= 0.3 is 0 Å². The van der Waals surface area contributed by atoms with E-state index in [9.17, 15) is 0 Å². The normalized spacial score (nSPS) is 12.0. The van der Waals surface area contributed by atoms with Gasteiger partial charge in [0, 0.05) is 7.05 Å². The topological polar surface area (TPSA) is 56.7 Å². The first-order valence-corrected chi connectivity index (χ1v) is 2.74. The summed E-state index contributed by atoms with van der Waals surface area (Å²) in [6, 6.07) is 0. The van der Waals surface area contributed by atoms with E-state index in [-0.39, 0.29) is 0 Å². The maximum absolute atomic E-state index is 8.99. The molecule has 0 aromatic rings. The zero-order valence-electron chi connectivity index (χ0n) is 5.97. The molecule has 0 rings (SSSR count). The van der Waals surface area contributed by atoms with Crippen LogP contribution in [0.2, 0.25) is 0 Å². The Labute approximate surface area is 55.0 Å². The first kappa shape index (κ1) is 8.23. The third-order valence-corrected chi connectivity index (χ3v) is 0.532. The van der Waals surface area contributed by atoms with E-state index in [1.165, 1.54) is 6.34 Å². The van der Waals surface area contributed by atoms with Crippen LogP contribution in [-0.2, 0) is 0 Å². The van der Waals surface area contributed by atoms with E-state index in [0.29, 0.717) is 0 Å². The van der Waals surface area contributed by atoms with Crippen molar-refractivity contribution >= 4 is 6.34 Å². The van der Waals surface area contributed by atoms with Crippen molar-refractivity contribution in [2.24, 2.45) is 5.10 Å². The van der Waals surface area contributed by atoms with E-state index in [1.54, 1.807) is 20.9 Å². The first-order valence-electron chi connectivity index (χ1n) is 2.74. The summed E-state index contributed by atoms with van der Waals surface area (Å²) in [5.41, 5.74) is 1.55. The van der Waals surface area contributed by atoms with Gasteiger partial charge in [0.1, 0.15) is 12.1 Å². The molecular weight excluding hydrogens is 118 g/mol. The van der Waals surface area contributed by atoms with Crippen molar-refractivity contribution in [3.63, 3.8) is 0 Å². The fourth-order valence-electron chi connectivity index (χ4n) is 0.255. The summed E-state index contributed by atoms with van der Waals surface area (Å²) in [6.45, 7) is 3.22. The van der Waals surface area contributed by atoms with Crippen LogP contribution in [0.3, 0.4) is 0 Å². The van der Waals surface area contributed by atoms with Crippen LogP contribution in [-0.4, -0.2) is 24.2 Å². The lowest BCUT2D eigenvalue weighted by Crippen LogP contribution is -2.35. The molecule has 0 unspecified atom stereocenters. The third kappa shape index (κ3) is 7.23.